The summed E-state index contributed by atoms with van der Waals surface area (Å²) in [5.41, 5.74) is 6.31. The van der Waals surface area contributed by atoms with Gasteiger partial charge in [0.1, 0.15) is 5.60 Å². The maximum Gasteiger partial charge on any atom is 0.143 e. The van der Waals surface area contributed by atoms with Gasteiger partial charge in [0.25, 0.3) is 0 Å². The minimum Gasteiger partial charge on any atom is -0.378 e. The van der Waals surface area contributed by atoms with Gasteiger partial charge in [-0.25, -0.2) is 0 Å². The van der Waals surface area contributed by atoms with E-state index in [0.717, 1.165) is 40.9 Å². The van der Waals surface area contributed by atoms with Crippen molar-refractivity contribution in [2.24, 2.45) is 0 Å². The Morgan fingerprint density at radius 1 is 0.571 bits per heavy atom. The van der Waals surface area contributed by atoms with Crippen LogP contribution in [0.15, 0.2) is 109 Å². The predicted molar refractivity (Wildman–Crippen MR) is 149 cm³/mol. The van der Waals surface area contributed by atoms with Crippen LogP contribution in [0.3, 0.4) is 0 Å². The number of ether oxygens (including phenoxy) is 1. The highest BCUT2D eigenvalue weighted by Gasteiger charge is 2.38. The number of rotatable bonds is 10. The second-order valence-electron chi connectivity index (χ2n) is 9.37. The molecule has 0 aromatic heterocycles. The van der Waals surface area contributed by atoms with Gasteiger partial charge in [-0.3, -0.25) is 0 Å². The molecule has 0 spiro atoms. The predicted octanol–water partition coefficient (Wildman–Crippen LogP) is 6.76. The number of benzene rings is 4. The highest BCUT2D eigenvalue weighted by Crippen LogP contribution is 2.42. The largest absolute Gasteiger partial charge is 0.378 e. The molecule has 180 valence electrons. The lowest BCUT2D eigenvalue weighted by Crippen LogP contribution is -2.34. The van der Waals surface area contributed by atoms with Crippen molar-refractivity contribution in [2.45, 2.75) is 18.4 Å². The molecule has 0 atom stereocenters. The van der Waals surface area contributed by atoms with Crippen molar-refractivity contribution in [1.29, 1.82) is 0 Å². The Morgan fingerprint density at radius 3 is 1.57 bits per heavy atom. The molecule has 0 N–H and O–H groups in total. The van der Waals surface area contributed by atoms with Crippen LogP contribution in [0.1, 0.15) is 28.7 Å². The standard InChI is InChI=1S/C32H36N2O/c1-33(2)30-21-11-19-28(24-30)32(27-17-9-6-10-18-27,29-20-12-22-31(25-29)34(3)4)35-23-13-16-26-14-7-5-8-15-26/h5-12,14-15,17-22,24-25H,13,16,23H2,1-4H3. The minimum atomic E-state index is -0.726. The zero-order chi connectivity index (χ0) is 24.7. The van der Waals surface area contributed by atoms with Crippen LogP contribution in [-0.4, -0.2) is 34.8 Å². The summed E-state index contributed by atoms with van der Waals surface area (Å²) in [5, 5.41) is 0. The van der Waals surface area contributed by atoms with Gasteiger partial charge in [-0.1, -0.05) is 84.9 Å². The molecule has 0 saturated carbocycles. The van der Waals surface area contributed by atoms with Gasteiger partial charge in [-0.15, -0.1) is 0 Å². The molecule has 4 aromatic carbocycles. The summed E-state index contributed by atoms with van der Waals surface area (Å²) in [7, 11) is 8.32. The molecule has 4 rings (SSSR count). The quantitative estimate of drug-likeness (QED) is 0.190. The Hall–Kier alpha value is -3.56. The van der Waals surface area contributed by atoms with E-state index in [1.807, 2.05) is 0 Å². The summed E-state index contributed by atoms with van der Waals surface area (Å²) < 4.78 is 7.04. The summed E-state index contributed by atoms with van der Waals surface area (Å²) in [6.07, 6.45) is 1.93. The average Bonchev–Trinajstić information content (AvgIpc) is 2.90. The van der Waals surface area contributed by atoms with E-state index in [0.29, 0.717) is 6.61 Å². The first-order chi connectivity index (χ1) is 17.0. The van der Waals surface area contributed by atoms with Crippen molar-refractivity contribution < 1.29 is 4.74 Å². The topological polar surface area (TPSA) is 15.7 Å². The van der Waals surface area contributed by atoms with Gasteiger partial charge in [0.2, 0.25) is 0 Å². The summed E-state index contributed by atoms with van der Waals surface area (Å²) in [5.74, 6) is 0. The van der Waals surface area contributed by atoms with Gasteiger partial charge in [-0.05, 0) is 59.4 Å². The third kappa shape index (κ3) is 5.58. The van der Waals surface area contributed by atoms with Crippen LogP contribution >= 0.6 is 0 Å². The first kappa shape index (κ1) is 24.6. The lowest BCUT2D eigenvalue weighted by molar-refractivity contribution is 0.0117. The van der Waals surface area contributed by atoms with Gasteiger partial charge >= 0.3 is 0 Å². The Balaban J connectivity index is 1.82. The maximum atomic E-state index is 7.04. The van der Waals surface area contributed by atoms with Gasteiger partial charge in [0, 0.05) is 46.2 Å². The highest BCUT2D eigenvalue weighted by molar-refractivity contribution is 5.58. The van der Waals surface area contributed by atoms with Crippen molar-refractivity contribution in [3.8, 4) is 0 Å². The van der Waals surface area contributed by atoms with Crippen molar-refractivity contribution in [2.75, 3.05) is 44.6 Å². The summed E-state index contributed by atoms with van der Waals surface area (Å²) in [6, 6.07) is 38.7. The van der Waals surface area contributed by atoms with Crippen LogP contribution < -0.4 is 9.80 Å². The van der Waals surface area contributed by atoms with Crippen LogP contribution in [0, 0.1) is 0 Å². The highest BCUT2D eigenvalue weighted by atomic mass is 16.5. The second kappa shape index (κ2) is 11.2. The van der Waals surface area contributed by atoms with Crippen molar-refractivity contribution in [3.05, 3.63) is 131 Å². The molecular formula is C32H36N2O. The Bertz CT molecular complexity index is 1150. The number of aryl methyl sites for hydroxylation is 1. The number of nitrogens with zero attached hydrogens (tertiary/aromatic N) is 2. The molecule has 0 aliphatic heterocycles. The van der Waals surface area contributed by atoms with E-state index in [-0.39, 0.29) is 0 Å². The fraction of sp³-hybridized carbons (Fsp3) is 0.250. The third-order valence-corrected chi connectivity index (χ3v) is 6.49. The molecule has 4 aromatic rings. The maximum absolute atomic E-state index is 7.04. The molecule has 0 heterocycles. The molecule has 0 aliphatic carbocycles. The average molecular weight is 465 g/mol. The van der Waals surface area contributed by atoms with E-state index >= 15 is 0 Å². The second-order valence-corrected chi connectivity index (χ2v) is 9.37. The molecule has 0 saturated heterocycles. The molecule has 0 bridgehead atoms. The Morgan fingerprint density at radius 2 is 1.06 bits per heavy atom. The SMILES string of the molecule is CN(C)c1cccc(C(OCCCc2ccccc2)(c2ccccc2)c2cccc(N(C)C)c2)c1. The summed E-state index contributed by atoms with van der Waals surface area (Å²) in [4.78, 5) is 4.29. The van der Waals surface area contributed by atoms with Crippen LogP contribution in [0.25, 0.3) is 0 Å². The monoisotopic (exact) mass is 464 g/mol. The normalized spacial score (nSPS) is 11.3. The first-order valence-corrected chi connectivity index (χ1v) is 12.3. The van der Waals surface area contributed by atoms with Crippen LogP contribution in [0.2, 0.25) is 0 Å². The van der Waals surface area contributed by atoms with E-state index < -0.39 is 5.60 Å². The number of anilines is 2. The molecule has 0 radical (unpaired) electrons. The first-order valence-electron chi connectivity index (χ1n) is 12.3. The third-order valence-electron chi connectivity index (χ3n) is 6.49. The Kier molecular flexibility index (Phi) is 7.89. The molecule has 0 fully saturated rings. The lowest BCUT2D eigenvalue weighted by Gasteiger charge is -2.37. The summed E-state index contributed by atoms with van der Waals surface area (Å²) in [6.45, 7) is 0.641. The minimum absolute atomic E-state index is 0.641. The molecule has 3 nitrogen and oxygen atoms in total. The van der Waals surface area contributed by atoms with Gasteiger partial charge < -0.3 is 14.5 Å². The molecule has 0 amide bonds. The lowest BCUT2D eigenvalue weighted by atomic mass is 9.79. The zero-order valence-corrected chi connectivity index (χ0v) is 21.3. The van der Waals surface area contributed by atoms with E-state index in [9.17, 15) is 0 Å². The smallest absolute Gasteiger partial charge is 0.143 e. The molecule has 0 unspecified atom stereocenters. The van der Waals surface area contributed by atoms with Crippen molar-refractivity contribution in [1.82, 2.24) is 0 Å². The van der Waals surface area contributed by atoms with E-state index in [1.165, 1.54) is 5.56 Å². The van der Waals surface area contributed by atoms with Crippen molar-refractivity contribution >= 4 is 11.4 Å². The Labute approximate surface area is 210 Å². The molecular weight excluding hydrogens is 428 g/mol. The fourth-order valence-electron chi connectivity index (χ4n) is 4.58. The van der Waals surface area contributed by atoms with E-state index in [2.05, 4.69) is 147 Å². The number of hydrogen-bond donors (Lipinski definition) is 0. The van der Waals surface area contributed by atoms with E-state index in [1.54, 1.807) is 0 Å². The van der Waals surface area contributed by atoms with E-state index in [4.69, 9.17) is 4.74 Å². The van der Waals surface area contributed by atoms with Crippen molar-refractivity contribution in [3.63, 3.8) is 0 Å². The van der Waals surface area contributed by atoms with Gasteiger partial charge in [0.15, 0.2) is 0 Å². The van der Waals surface area contributed by atoms with Gasteiger partial charge in [-0.2, -0.15) is 0 Å². The fourth-order valence-corrected chi connectivity index (χ4v) is 4.58. The molecule has 0 aliphatic rings. The van der Waals surface area contributed by atoms with Crippen LogP contribution in [0.5, 0.6) is 0 Å². The van der Waals surface area contributed by atoms with Gasteiger partial charge in [0.05, 0.1) is 0 Å². The van der Waals surface area contributed by atoms with Crippen LogP contribution in [-0.2, 0) is 16.8 Å². The summed E-state index contributed by atoms with van der Waals surface area (Å²) >= 11 is 0. The zero-order valence-electron chi connectivity index (χ0n) is 21.3. The number of hydrogen-bond acceptors (Lipinski definition) is 3. The van der Waals surface area contributed by atoms with Crippen LogP contribution in [0.4, 0.5) is 11.4 Å². The molecule has 3 heteroatoms. The molecule has 35 heavy (non-hydrogen) atoms.